The monoisotopic (exact) mass is 329 g/mol. The number of carbonyl (C=O) groups is 1. The summed E-state index contributed by atoms with van der Waals surface area (Å²) in [5, 5.41) is 19.4. The second kappa shape index (κ2) is 6.16. The molecule has 0 saturated heterocycles. The maximum absolute atomic E-state index is 12.4. The Morgan fingerprint density at radius 1 is 1.42 bits per heavy atom. The standard InChI is InChI=1S/C17H15NO6/c1-3-21-17(20)14-9(2)24-16(19)11(7-18)15(14)10-4-5-12-13(6-10)23-8-22-12/h4-6,15,19H,3,8H2,1-2H3/t15-/m0/s1. The summed E-state index contributed by atoms with van der Waals surface area (Å²) >= 11 is 0. The van der Waals surface area contributed by atoms with Crippen molar-refractivity contribution in [2.75, 3.05) is 13.4 Å². The number of hydrogen-bond donors (Lipinski definition) is 1. The predicted octanol–water partition coefficient (Wildman–Crippen LogP) is 2.66. The van der Waals surface area contributed by atoms with Crippen LogP contribution in [0.4, 0.5) is 0 Å². The summed E-state index contributed by atoms with van der Waals surface area (Å²) < 4.78 is 20.8. The molecule has 1 N–H and O–H groups in total. The molecule has 0 bridgehead atoms. The number of allylic oxidation sites excluding steroid dienone is 2. The third kappa shape index (κ3) is 2.52. The first-order valence-electron chi connectivity index (χ1n) is 7.35. The summed E-state index contributed by atoms with van der Waals surface area (Å²) in [6.07, 6.45) is 0. The van der Waals surface area contributed by atoms with E-state index in [1.807, 2.05) is 6.07 Å². The fourth-order valence-corrected chi connectivity index (χ4v) is 2.73. The van der Waals surface area contributed by atoms with Crippen LogP contribution in [0.25, 0.3) is 0 Å². The summed E-state index contributed by atoms with van der Waals surface area (Å²) in [4.78, 5) is 12.4. The number of nitrogens with zero attached hydrogens (tertiary/aromatic N) is 1. The molecule has 124 valence electrons. The van der Waals surface area contributed by atoms with E-state index in [-0.39, 0.29) is 30.3 Å². The number of ether oxygens (including phenoxy) is 4. The Labute approximate surface area is 138 Å². The highest BCUT2D eigenvalue weighted by Gasteiger charge is 2.37. The van der Waals surface area contributed by atoms with Gasteiger partial charge in [-0.3, -0.25) is 0 Å². The molecule has 0 fully saturated rings. The van der Waals surface area contributed by atoms with Crippen LogP contribution < -0.4 is 9.47 Å². The predicted molar refractivity (Wildman–Crippen MR) is 81.0 cm³/mol. The van der Waals surface area contributed by atoms with Gasteiger partial charge in [0, 0.05) is 0 Å². The van der Waals surface area contributed by atoms with Crippen LogP contribution in [-0.2, 0) is 14.3 Å². The summed E-state index contributed by atoms with van der Waals surface area (Å²) in [6.45, 7) is 3.52. The topological polar surface area (TPSA) is 98.0 Å². The molecule has 0 saturated carbocycles. The molecule has 2 heterocycles. The van der Waals surface area contributed by atoms with Gasteiger partial charge in [0.25, 0.3) is 5.95 Å². The Morgan fingerprint density at radius 3 is 2.88 bits per heavy atom. The number of nitriles is 1. The minimum Gasteiger partial charge on any atom is -0.480 e. The fraction of sp³-hybridized carbons (Fsp3) is 0.294. The Bertz CT molecular complexity index is 802. The zero-order chi connectivity index (χ0) is 17.3. The van der Waals surface area contributed by atoms with Gasteiger partial charge in [-0.15, -0.1) is 0 Å². The maximum Gasteiger partial charge on any atom is 0.338 e. The average molecular weight is 329 g/mol. The van der Waals surface area contributed by atoms with Crippen LogP contribution in [0.15, 0.2) is 41.0 Å². The molecule has 0 spiro atoms. The first kappa shape index (κ1) is 15.7. The van der Waals surface area contributed by atoms with Crippen molar-refractivity contribution in [1.82, 2.24) is 0 Å². The van der Waals surface area contributed by atoms with Crippen molar-refractivity contribution in [3.05, 3.63) is 46.6 Å². The van der Waals surface area contributed by atoms with Crippen molar-refractivity contribution < 1.29 is 28.8 Å². The smallest absolute Gasteiger partial charge is 0.338 e. The zero-order valence-corrected chi connectivity index (χ0v) is 13.2. The minimum absolute atomic E-state index is 0.0671. The molecule has 1 atom stereocenters. The highest BCUT2D eigenvalue weighted by atomic mass is 16.7. The van der Waals surface area contributed by atoms with E-state index in [1.165, 1.54) is 6.92 Å². The summed E-state index contributed by atoms with van der Waals surface area (Å²) in [7, 11) is 0. The number of rotatable bonds is 3. The lowest BCUT2D eigenvalue weighted by molar-refractivity contribution is -0.139. The van der Waals surface area contributed by atoms with Crippen LogP contribution in [0.1, 0.15) is 25.3 Å². The summed E-state index contributed by atoms with van der Waals surface area (Å²) in [5.41, 5.74) is 0.695. The van der Waals surface area contributed by atoms with Gasteiger partial charge in [0.15, 0.2) is 11.5 Å². The Balaban J connectivity index is 2.13. The molecule has 1 aromatic carbocycles. The molecule has 1 aromatic rings. The van der Waals surface area contributed by atoms with E-state index in [9.17, 15) is 15.2 Å². The van der Waals surface area contributed by atoms with E-state index in [0.29, 0.717) is 17.1 Å². The fourth-order valence-electron chi connectivity index (χ4n) is 2.73. The first-order chi connectivity index (χ1) is 11.6. The van der Waals surface area contributed by atoms with Crippen LogP contribution in [0, 0.1) is 11.3 Å². The molecule has 24 heavy (non-hydrogen) atoms. The molecule has 3 rings (SSSR count). The highest BCUT2D eigenvalue weighted by molar-refractivity contribution is 5.92. The zero-order valence-electron chi connectivity index (χ0n) is 13.2. The van der Waals surface area contributed by atoms with Gasteiger partial charge in [-0.1, -0.05) is 6.07 Å². The lowest BCUT2D eigenvalue weighted by Gasteiger charge is -2.26. The van der Waals surface area contributed by atoms with Gasteiger partial charge < -0.3 is 24.1 Å². The molecule has 2 aliphatic heterocycles. The minimum atomic E-state index is -0.808. The molecular weight excluding hydrogens is 314 g/mol. The lowest BCUT2D eigenvalue weighted by atomic mass is 9.83. The van der Waals surface area contributed by atoms with Crippen LogP contribution in [-0.4, -0.2) is 24.5 Å². The molecule has 7 nitrogen and oxygen atoms in total. The van der Waals surface area contributed by atoms with Gasteiger partial charge in [-0.05, 0) is 31.5 Å². The van der Waals surface area contributed by atoms with Gasteiger partial charge >= 0.3 is 5.97 Å². The van der Waals surface area contributed by atoms with Gasteiger partial charge in [-0.2, -0.15) is 5.26 Å². The Hall–Kier alpha value is -3.14. The number of aliphatic hydroxyl groups excluding tert-OH is 1. The van der Waals surface area contributed by atoms with Crippen molar-refractivity contribution in [3.8, 4) is 17.6 Å². The number of esters is 1. The number of fused-ring (bicyclic) bond motifs is 1. The van der Waals surface area contributed by atoms with Crippen molar-refractivity contribution in [3.63, 3.8) is 0 Å². The van der Waals surface area contributed by atoms with Crippen molar-refractivity contribution >= 4 is 5.97 Å². The lowest BCUT2D eigenvalue weighted by Crippen LogP contribution is -2.23. The molecule has 0 amide bonds. The molecule has 0 radical (unpaired) electrons. The van der Waals surface area contributed by atoms with Gasteiger partial charge in [0.05, 0.1) is 18.1 Å². The van der Waals surface area contributed by atoms with Crippen LogP contribution in [0.3, 0.4) is 0 Å². The Kier molecular flexibility index (Phi) is 4.04. The van der Waals surface area contributed by atoms with Crippen LogP contribution >= 0.6 is 0 Å². The van der Waals surface area contributed by atoms with E-state index < -0.39 is 17.8 Å². The molecule has 7 heteroatoms. The highest BCUT2D eigenvalue weighted by Crippen LogP contribution is 2.43. The quantitative estimate of drug-likeness (QED) is 0.851. The largest absolute Gasteiger partial charge is 0.480 e. The molecule has 0 aliphatic carbocycles. The van der Waals surface area contributed by atoms with Crippen molar-refractivity contribution in [2.45, 2.75) is 19.8 Å². The van der Waals surface area contributed by atoms with Crippen LogP contribution in [0.5, 0.6) is 11.5 Å². The van der Waals surface area contributed by atoms with E-state index in [2.05, 4.69) is 0 Å². The maximum atomic E-state index is 12.4. The Morgan fingerprint density at radius 2 is 2.17 bits per heavy atom. The molecule has 0 aromatic heterocycles. The van der Waals surface area contributed by atoms with Gasteiger partial charge in [-0.25, -0.2) is 4.79 Å². The van der Waals surface area contributed by atoms with Gasteiger partial charge in [0.2, 0.25) is 6.79 Å². The second-order valence-electron chi connectivity index (χ2n) is 5.17. The van der Waals surface area contributed by atoms with Gasteiger partial charge in [0.1, 0.15) is 17.4 Å². The van der Waals surface area contributed by atoms with E-state index in [1.54, 1.807) is 25.1 Å². The number of hydrogen-bond acceptors (Lipinski definition) is 7. The molecule has 2 aliphatic rings. The summed E-state index contributed by atoms with van der Waals surface area (Å²) in [6, 6.07) is 6.98. The van der Waals surface area contributed by atoms with E-state index in [4.69, 9.17) is 18.9 Å². The van der Waals surface area contributed by atoms with Crippen molar-refractivity contribution in [1.29, 1.82) is 5.26 Å². The third-order valence-corrected chi connectivity index (χ3v) is 3.78. The number of aliphatic hydroxyl groups is 1. The number of carbonyl (C=O) groups excluding carboxylic acids is 1. The van der Waals surface area contributed by atoms with Crippen LogP contribution in [0.2, 0.25) is 0 Å². The van der Waals surface area contributed by atoms with E-state index >= 15 is 0 Å². The third-order valence-electron chi connectivity index (χ3n) is 3.78. The normalized spacial score (nSPS) is 19.0. The first-order valence-corrected chi connectivity index (χ1v) is 7.35. The number of benzene rings is 1. The molecular formula is C17H15NO6. The van der Waals surface area contributed by atoms with E-state index in [0.717, 1.165) is 0 Å². The summed E-state index contributed by atoms with van der Waals surface area (Å²) in [5.74, 6) is -0.652. The SMILES string of the molecule is CCOC(=O)C1=C(C)OC(O)=C(C#N)[C@@H]1c1ccc2c(c1)OCO2. The average Bonchev–Trinajstić information content (AvgIpc) is 3.01. The van der Waals surface area contributed by atoms with Crippen molar-refractivity contribution in [2.24, 2.45) is 0 Å². The second-order valence-corrected chi connectivity index (χ2v) is 5.17. The molecule has 0 unspecified atom stereocenters.